The number of thiocarbonyl (C=S) groups is 1. The van der Waals surface area contributed by atoms with Crippen LogP contribution >= 0.6 is 24.0 Å². The van der Waals surface area contributed by atoms with Crippen molar-refractivity contribution in [3.05, 3.63) is 54.1 Å². The molecule has 0 aliphatic rings. The van der Waals surface area contributed by atoms with E-state index in [1.165, 1.54) is 0 Å². The maximum atomic E-state index is 12.3. The van der Waals surface area contributed by atoms with Crippen molar-refractivity contribution in [2.45, 2.75) is 30.0 Å². The number of nitrogens with one attached hydrogen (secondary N) is 2. The maximum absolute atomic E-state index is 12.3. The van der Waals surface area contributed by atoms with E-state index in [1.54, 1.807) is 31.4 Å². The molecule has 0 fully saturated rings. The smallest absolute Gasteiger partial charge is 0.288 e. The molecule has 3 nitrogen and oxygen atoms in total. The summed E-state index contributed by atoms with van der Waals surface area (Å²) in [5, 5.41) is 6.83. The number of benzene rings is 2. The van der Waals surface area contributed by atoms with E-state index in [1.807, 2.05) is 24.3 Å². The van der Waals surface area contributed by atoms with Crippen LogP contribution in [0.2, 0.25) is 0 Å². The van der Waals surface area contributed by atoms with E-state index >= 15 is 0 Å². The molecule has 2 aromatic rings. The topological polar surface area (TPSA) is 33.3 Å². The summed E-state index contributed by atoms with van der Waals surface area (Å²) < 4.78 is 29.8. The summed E-state index contributed by atoms with van der Waals surface area (Å²) in [7, 11) is 1.63. The fourth-order valence-electron chi connectivity index (χ4n) is 2.30. The highest BCUT2D eigenvalue weighted by Crippen LogP contribution is 2.26. The minimum atomic E-state index is -2.42. The van der Waals surface area contributed by atoms with Crippen LogP contribution in [0.15, 0.2) is 53.4 Å². The SMILES string of the molecule is CC[C@H](NC(=S)Nc1ccc(SC(F)F)cc1)c1ccc(OC)cc1. The van der Waals surface area contributed by atoms with Gasteiger partial charge in [-0.15, -0.1) is 0 Å². The van der Waals surface area contributed by atoms with Crippen LogP contribution < -0.4 is 15.4 Å². The van der Waals surface area contributed by atoms with Gasteiger partial charge in [0.25, 0.3) is 5.76 Å². The molecule has 0 aliphatic heterocycles. The normalized spacial score (nSPS) is 11.9. The van der Waals surface area contributed by atoms with Crippen molar-refractivity contribution < 1.29 is 13.5 Å². The van der Waals surface area contributed by atoms with Crippen molar-refractivity contribution in [2.75, 3.05) is 12.4 Å². The molecule has 0 spiro atoms. The van der Waals surface area contributed by atoms with Crippen LogP contribution in [-0.4, -0.2) is 18.0 Å². The number of anilines is 1. The first-order chi connectivity index (χ1) is 12.0. The number of alkyl halides is 2. The largest absolute Gasteiger partial charge is 0.497 e. The predicted molar refractivity (Wildman–Crippen MR) is 104 cm³/mol. The molecule has 0 saturated heterocycles. The number of methoxy groups -OCH3 is 1. The van der Waals surface area contributed by atoms with Gasteiger partial charge in [-0.25, -0.2) is 0 Å². The van der Waals surface area contributed by atoms with Crippen molar-refractivity contribution in [1.82, 2.24) is 5.32 Å². The van der Waals surface area contributed by atoms with Gasteiger partial charge in [0.1, 0.15) is 5.75 Å². The third-order valence-corrected chi connectivity index (χ3v) is 4.51. The Labute approximate surface area is 156 Å². The Morgan fingerprint density at radius 3 is 2.28 bits per heavy atom. The molecule has 2 rings (SSSR count). The van der Waals surface area contributed by atoms with Crippen LogP contribution in [0.5, 0.6) is 5.75 Å². The Bertz CT molecular complexity index is 678. The summed E-state index contributed by atoms with van der Waals surface area (Å²) in [6.07, 6.45) is 0.859. The number of halogens is 2. The van der Waals surface area contributed by atoms with Crippen molar-refractivity contribution in [3.63, 3.8) is 0 Å². The second-order valence-electron chi connectivity index (χ2n) is 5.24. The molecule has 2 aromatic carbocycles. The Kier molecular flexibility index (Phi) is 7.46. The zero-order chi connectivity index (χ0) is 18.2. The molecule has 0 radical (unpaired) electrons. The van der Waals surface area contributed by atoms with Gasteiger partial charge in [-0.1, -0.05) is 30.8 Å². The van der Waals surface area contributed by atoms with Crippen molar-refractivity contribution >= 4 is 34.8 Å². The zero-order valence-electron chi connectivity index (χ0n) is 14.0. The summed E-state index contributed by atoms with van der Waals surface area (Å²) in [5.41, 5.74) is 1.86. The van der Waals surface area contributed by atoms with Gasteiger partial charge in [0, 0.05) is 10.6 Å². The van der Waals surface area contributed by atoms with E-state index in [9.17, 15) is 8.78 Å². The molecule has 0 aliphatic carbocycles. The molecule has 1 atom stereocenters. The first-order valence-electron chi connectivity index (χ1n) is 7.78. The number of rotatable bonds is 7. The standard InChI is InChI=1S/C18H20F2N2OS2/c1-3-16(12-4-8-14(23-2)9-5-12)22-18(24)21-13-6-10-15(11-7-13)25-17(19)20/h4-11,16-17H,3H2,1-2H3,(H2,21,22,24)/t16-/m0/s1. The Morgan fingerprint density at radius 2 is 1.76 bits per heavy atom. The van der Waals surface area contributed by atoms with Gasteiger partial charge in [0.15, 0.2) is 5.11 Å². The van der Waals surface area contributed by atoms with Crippen molar-refractivity contribution in [2.24, 2.45) is 0 Å². The van der Waals surface area contributed by atoms with Crippen LogP contribution in [0.3, 0.4) is 0 Å². The summed E-state index contributed by atoms with van der Waals surface area (Å²) in [6.45, 7) is 2.07. The summed E-state index contributed by atoms with van der Waals surface area (Å²) in [6, 6.07) is 14.6. The van der Waals surface area contributed by atoms with Gasteiger partial charge < -0.3 is 15.4 Å². The van der Waals surface area contributed by atoms with Crippen molar-refractivity contribution in [1.29, 1.82) is 0 Å². The molecular weight excluding hydrogens is 362 g/mol. The number of thioether (sulfide) groups is 1. The highest BCUT2D eigenvalue weighted by atomic mass is 32.2. The average Bonchev–Trinajstić information content (AvgIpc) is 2.61. The minimum absolute atomic E-state index is 0.0690. The highest BCUT2D eigenvalue weighted by Gasteiger charge is 2.11. The van der Waals surface area contributed by atoms with E-state index in [-0.39, 0.29) is 6.04 Å². The lowest BCUT2D eigenvalue weighted by Crippen LogP contribution is -2.32. The van der Waals surface area contributed by atoms with E-state index in [2.05, 4.69) is 17.6 Å². The highest BCUT2D eigenvalue weighted by molar-refractivity contribution is 7.99. The summed E-state index contributed by atoms with van der Waals surface area (Å²) in [4.78, 5) is 0.518. The van der Waals surface area contributed by atoms with Gasteiger partial charge in [0.2, 0.25) is 0 Å². The molecule has 0 amide bonds. The van der Waals surface area contributed by atoms with Gasteiger partial charge in [-0.05, 0) is 60.6 Å². The van der Waals surface area contributed by atoms with E-state index in [4.69, 9.17) is 17.0 Å². The zero-order valence-corrected chi connectivity index (χ0v) is 15.6. The summed E-state index contributed by atoms with van der Waals surface area (Å²) in [5.74, 6) is -1.61. The molecule has 2 N–H and O–H groups in total. The molecule has 0 saturated carbocycles. The second-order valence-corrected chi connectivity index (χ2v) is 6.71. The van der Waals surface area contributed by atoms with Gasteiger partial charge in [0.05, 0.1) is 13.2 Å². The van der Waals surface area contributed by atoms with Crippen LogP contribution in [0.4, 0.5) is 14.5 Å². The lowest BCUT2D eigenvalue weighted by molar-refractivity contribution is 0.252. The van der Waals surface area contributed by atoms with Crippen LogP contribution in [0, 0.1) is 0 Å². The average molecular weight is 383 g/mol. The van der Waals surface area contributed by atoms with E-state index in [0.717, 1.165) is 23.4 Å². The first-order valence-corrected chi connectivity index (χ1v) is 9.07. The quantitative estimate of drug-likeness (QED) is 0.492. The molecule has 0 heterocycles. The van der Waals surface area contributed by atoms with Crippen LogP contribution in [0.1, 0.15) is 24.9 Å². The number of hydrogen-bond donors (Lipinski definition) is 2. The lowest BCUT2D eigenvalue weighted by Gasteiger charge is -2.20. The molecule has 134 valence electrons. The molecule has 0 aromatic heterocycles. The lowest BCUT2D eigenvalue weighted by atomic mass is 10.0. The molecule has 0 bridgehead atoms. The monoisotopic (exact) mass is 382 g/mol. The first kappa shape index (κ1) is 19.5. The Balaban J connectivity index is 1.95. The minimum Gasteiger partial charge on any atom is -0.497 e. The molecule has 7 heteroatoms. The van der Waals surface area contributed by atoms with Crippen LogP contribution in [0.25, 0.3) is 0 Å². The van der Waals surface area contributed by atoms with Crippen molar-refractivity contribution in [3.8, 4) is 5.75 Å². The second kappa shape index (κ2) is 9.58. The predicted octanol–water partition coefficient (Wildman–Crippen LogP) is 5.45. The molecule has 25 heavy (non-hydrogen) atoms. The third-order valence-electron chi connectivity index (χ3n) is 3.57. The van der Waals surface area contributed by atoms with E-state index < -0.39 is 5.76 Å². The number of ether oxygens (including phenoxy) is 1. The van der Waals surface area contributed by atoms with Gasteiger partial charge >= 0.3 is 0 Å². The summed E-state index contributed by atoms with van der Waals surface area (Å²) >= 11 is 5.88. The number of hydrogen-bond acceptors (Lipinski definition) is 3. The molecule has 0 unspecified atom stereocenters. The van der Waals surface area contributed by atoms with Gasteiger partial charge in [-0.2, -0.15) is 8.78 Å². The Hall–Kier alpha value is -1.86. The van der Waals surface area contributed by atoms with Crippen LogP contribution in [-0.2, 0) is 0 Å². The third kappa shape index (κ3) is 6.17. The fourth-order valence-corrected chi connectivity index (χ4v) is 3.06. The Morgan fingerprint density at radius 1 is 1.12 bits per heavy atom. The molecular formula is C18H20F2N2OS2. The van der Waals surface area contributed by atoms with Gasteiger partial charge in [-0.3, -0.25) is 0 Å². The maximum Gasteiger partial charge on any atom is 0.288 e. The van der Waals surface area contributed by atoms with E-state index in [0.29, 0.717) is 21.8 Å². The fraction of sp³-hybridized carbons (Fsp3) is 0.278.